The molecule has 0 aliphatic heterocycles. The van der Waals surface area contributed by atoms with Crippen LogP contribution < -0.4 is 10.6 Å². The molecule has 1 aromatic heterocycles. The van der Waals surface area contributed by atoms with Crippen LogP contribution >= 0.6 is 0 Å². The Morgan fingerprint density at radius 3 is 2.40 bits per heavy atom. The molecule has 1 unspecified atom stereocenters. The van der Waals surface area contributed by atoms with Crippen LogP contribution in [0.4, 0.5) is 0 Å². The summed E-state index contributed by atoms with van der Waals surface area (Å²) in [6.07, 6.45) is 0. The molecule has 0 saturated carbocycles. The Balaban J connectivity index is 2.55. The Bertz CT molecular complexity index is 445. The van der Waals surface area contributed by atoms with Gasteiger partial charge in [-0.05, 0) is 12.8 Å². The van der Waals surface area contributed by atoms with Crippen molar-refractivity contribution < 1.29 is 4.52 Å². The monoisotopic (exact) mass is 281 g/mol. The third kappa shape index (κ3) is 4.83. The molecule has 0 amide bonds. The lowest BCUT2D eigenvalue weighted by molar-refractivity contribution is 0.318. The van der Waals surface area contributed by atoms with Gasteiger partial charge in [0.2, 0.25) is 5.89 Å². The van der Waals surface area contributed by atoms with E-state index in [-0.39, 0.29) is 5.41 Å². The normalized spacial score (nSPS) is 14.5. The van der Waals surface area contributed by atoms with E-state index in [1.54, 1.807) is 7.05 Å². The fourth-order valence-electron chi connectivity index (χ4n) is 1.37. The van der Waals surface area contributed by atoms with Gasteiger partial charge in [0.25, 0.3) is 0 Å². The number of aromatic nitrogens is 2. The summed E-state index contributed by atoms with van der Waals surface area (Å²) < 4.78 is 5.25. The van der Waals surface area contributed by atoms with Gasteiger partial charge in [-0.3, -0.25) is 4.99 Å². The zero-order valence-corrected chi connectivity index (χ0v) is 13.6. The topological polar surface area (TPSA) is 75.3 Å². The van der Waals surface area contributed by atoms with Crippen molar-refractivity contribution >= 4 is 5.96 Å². The Hall–Kier alpha value is -1.59. The molecule has 0 fully saturated rings. The standard InChI is InChI=1S/C14H27N5O/c1-9(2)10(3)17-13(15-7)16-8-11-18-12(20-19-11)14(4,5)6/h9-10H,8H2,1-7H3,(H2,15,16,17). The van der Waals surface area contributed by atoms with Crippen molar-refractivity contribution in [1.82, 2.24) is 20.8 Å². The molecule has 0 spiro atoms. The molecule has 0 aliphatic carbocycles. The molecular formula is C14H27N5O. The van der Waals surface area contributed by atoms with Crippen LogP contribution in [0.15, 0.2) is 9.52 Å². The third-order valence-corrected chi connectivity index (χ3v) is 3.11. The van der Waals surface area contributed by atoms with Crippen LogP contribution in [0.5, 0.6) is 0 Å². The van der Waals surface area contributed by atoms with Gasteiger partial charge in [0.15, 0.2) is 11.8 Å². The van der Waals surface area contributed by atoms with E-state index < -0.39 is 0 Å². The van der Waals surface area contributed by atoms with Gasteiger partial charge in [-0.2, -0.15) is 4.98 Å². The first-order valence-corrected chi connectivity index (χ1v) is 7.04. The molecule has 0 aromatic carbocycles. The number of nitrogens with one attached hydrogen (secondary N) is 2. The second-order valence-electron chi connectivity index (χ2n) is 6.37. The molecule has 20 heavy (non-hydrogen) atoms. The first-order valence-electron chi connectivity index (χ1n) is 7.04. The zero-order valence-electron chi connectivity index (χ0n) is 13.6. The predicted octanol–water partition coefficient (Wildman–Crippen LogP) is 2.08. The van der Waals surface area contributed by atoms with E-state index >= 15 is 0 Å². The minimum Gasteiger partial charge on any atom is -0.354 e. The van der Waals surface area contributed by atoms with Crippen molar-refractivity contribution in [3.63, 3.8) is 0 Å². The van der Waals surface area contributed by atoms with E-state index in [9.17, 15) is 0 Å². The largest absolute Gasteiger partial charge is 0.354 e. The highest BCUT2D eigenvalue weighted by atomic mass is 16.5. The maximum Gasteiger partial charge on any atom is 0.232 e. The van der Waals surface area contributed by atoms with Gasteiger partial charge in [0, 0.05) is 18.5 Å². The molecule has 0 aliphatic rings. The number of nitrogens with zero attached hydrogens (tertiary/aromatic N) is 3. The van der Waals surface area contributed by atoms with Gasteiger partial charge in [0.1, 0.15) is 0 Å². The van der Waals surface area contributed by atoms with E-state index in [0.29, 0.717) is 30.2 Å². The second kappa shape index (κ2) is 6.72. The van der Waals surface area contributed by atoms with Crippen LogP contribution in [0.2, 0.25) is 0 Å². The van der Waals surface area contributed by atoms with E-state index in [1.165, 1.54) is 0 Å². The lowest BCUT2D eigenvalue weighted by Crippen LogP contribution is -2.44. The molecule has 0 bridgehead atoms. The highest BCUT2D eigenvalue weighted by molar-refractivity contribution is 5.79. The SMILES string of the molecule is CN=C(NCc1noc(C(C)(C)C)n1)NC(C)C(C)C. The van der Waals surface area contributed by atoms with E-state index in [0.717, 1.165) is 5.96 Å². The van der Waals surface area contributed by atoms with Crippen LogP contribution in [0.3, 0.4) is 0 Å². The molecule has 1 aromatic rings. The predicted molar refractivity (Wildman–Crippen MR) is 80.6 cm³/mol. The van der Waals surface area contributed by atoms with E-state index in [4.69, 9.17) is 4.52 Å². The van der Waals surface area contributed by atoms with Gasteiger partial charge in [-0.15, -0.1) is 0 Å². The maximum absolute atomic E-state index is 5.25. The van der Waals surface area contributed by atoms with E-state index in [2.05, 4.69) is 46.5 Å². The quantitative estimate of drug-likeness (QED) is 0.653. The van der Waals surface area contributed by atoms with Crippen LogP contribution in [0, 0.1) is 5.92 Å². The number of hydrogen-bond donors (Lipinski definition) is 2. The smallest absolute Gasteiger partial charge is 0.232 e. The zero-order chi connectivity index (χ0) is 15.3. The van der Waals surface area contributed by atoms with Crippen LogP contribution in [-0.4, -0.2) is 29.2 Å². The molecule has 1 rings (SSSR count). The molecular weight excluding hydrogens is 254 g/mol. The first kappa shape index (κ1) is 16.5. The Morgan fingerprint density at radius 1 is 1.30 bits per heavy atom. The molecule has 6 nitrogen and oxygen atoms in total. The average molecular weight is 281 g/mol. The molecule has 2 N–H and O–H groups in total. The van der Waals surface area contributed by atoms with Crippen molar-refractivity contribution in [2.24, 2.45) is 10.9 Å². The molecule has 1 heterocycles. The Labute approximate surface area is 121 Å². The van der Waals surface area contributed by atoms with Crippen LogP contribution in [-0.2, 0) is 12.0 Å². The minimum atomic E-state index is -0.128. The summed E-state index contributed by atoms with van der Waals surface area (Å²) in [5, 5.41) is 10.5. The van der Waals surface area contributed by atoms with Gasteiger partial charge in [0.05, 0.1) is 6.54 Å². The Morgan fingerprint density at radius 2 is 1.95 bits per heavy atom. The number of rotatable bonds is 4. The van der Waals surface area contributed by atoms with Crippen molar-refractivity contribution in [3.8, 4) is 0 Å². The lowest BCUT2D eigenvalue weighted by Gasteiger charge is -2.20. The fraction of sp³-hybridized carbons (Fsp3) is 0.786. The number of hydrogen-bond acceptors (Lipinski definition) is 4. The van der Waals surface area contributed by atoms with Gasteiger partial charge < -0.3 is 15.2 Å². The summed E-state index contributed by atoms with van der Waals surface area (Å²) in [5.41, 5.74) is -0.128. The molecule has 1 atom stereocenters. The molecule has 6 heteroatoms. The molecule has 0 saturated heterocycles. The van der Waals surface area contributed by atoms with Crippen molar-refractivity contribution in [2.45, 2.75) is 59.5 Å². The summed E-state index contributed by atoms with van der Waals surface area (Å²) in [6.45, 7) is 13.1. The first-order chi connectivity index (χ1) is 9.24. The van der Waals surface area contributed by atoms with Gasteiger partial charge in [-0.25, -0.2) is 0 Å². The Kier molecular flexibility index (Phi) is 5.53. The summed E-state index contributed by atoms with van der Waals surface area (Å²) in [6, 6.07) is 0.344. The summed E-state index contributed by atoms with van der Waals surface area (Å²) in [4.78, 5) is 8.57. The number of guanidine groups is 1. The van der Waals surface area contributed by atoms with Crippen molar-refractivity contribution in [1.29, 1.82) is 0 Å². The molecule has 0 radical (unpaired) electrons. The van der Waals surface area contributed by atoms with Crippen molar-refractivity contribution in [2.75, 3.05) is 7.05 Å². The second-order valence-corrected chi connectivity index (χ2v) is 6.37. The summed E-state index contributed by atoms with van der Waals surface area (Å²) >= 11 is 0. The van der Waals surface area contributed by atoms with Crippen molar-refractivity contribution in [3.05, 3.63) is 11.7 Å². The highest BCUT2D eigenvalue weighted by Crippen LogP contribution is 2.19. The third-order valence-electron chi connectivity index (χ3n) is 3.11. The summed E-state index contributed by atoms with van der Waals surface area (Å²) in [5.74, 6) is 2.56. The average Bonchev–Trinajstić information content (AvgIpc) is 2.82. The fourth-order valence-corrected chi connectivity index (χ4v) is 1.37. The van der Waals surface area contributed by atoms with Gasteiger partial charge in [-0.1, -0.05) is 39.8 Å². The van der Waals surface area contributed by atoms with Crippen LogP contribution in [0.25, 0.3) is 0 Å². The van der Waals surface area contributed by atoms with Gasteiger partial charge >= 0.3 is 0 Å². The number of aliphatic imine (C=N–C) groups is 1. The minimum absolute atomic E-state index is 0.128. The molecule has 114 valence electrons. The summed E-state index contributed by atoms with van der Waals surface area (Å²) in [7, 11) is 1.75. The van der Waals surface area contributed by atoms with Crippen LogP contribution in [0.1, 0.15) is 53.3 Å². The lowest BCUT2D eigenvalue weighted by atomic mass is 9.97. The maximum atomic E-state index is 5.25. The van der Waals surface area contributed by atoms with E-state index in [1.807, 2.05) is 20.8 Å². The highest BCUT2D eigenvalue weighted by Gasteiger charge is 2.21.